The summed E-state index contributed by atoms with van der Waals surface area (Å²) in [5, 5.41) is 3.51. The molecule has 0 spiro atoms. The summed E-state index contributed by atoms with van der Waals surface area (Å²) in [6.45, 7) is 4.00. The van der Waals surface area contributed by atoms with Gasteiger partial charge in [0, 0.05) is 31.6 Å². The smallest absolute Gasteiger partial charge is 0.224 e. The Kier molecular flexibility index (Phi) is 2.54. The van der Waals surface area contributed by atoms with Crippen LogP contribution in [-0.4, -0.2) is 36.0 Å². The van der Waals surface area contributed by atoms with Crippen LogP contribution in [0, 0.1) is 0 Å². The van der Waals surface area contributed by atoms with E-state index in [9.17, 15) is 4.79 Å². The quantitative estimate of drug-likeness (QED) is 0.683. The lowest BCUT2D eigenvalue weighted by molar-refractivity contribution is -0.131. The summed E-state index contributed by atoms with van der Waals surface area (Å²) in [6.07, 6.45) is 4.23. The van der Waals surface area contributed by atoms with Gasteiger partial charge in [-0.2, -0.15) is 0 Å². The molecule has 2 aliphatic rings. The third kappa shape index (κ3) is 1.85. The van der Waals surface area contributed by atoms with Gasteiger partial charge in [0.25, 0.3) is 0 Å². The minimum atomic E-state index is 0.349. The van der Waals surface area contributed by atoms with Gasteiger partial charge in [-0.25, -0.2) is 0 Å². The Bertz CT molecular complexity index is 205. The summed E-state index contributed by atoms with van der Waals surface area (Å²) < 4.78 is 0. The van der Waals surface area contributed by atoms with Gasteiger partial charge in [-0.15, -0.1) is 0 Å². The molecular formula is C10H18N2O. The van der Waals surface area contributed by atoms with Crippen LogP contribution in [0.4, 0.5) is 0 Å². The van der Waals surface area contributed by atoms with E-state index in [0.717, 1.165) is 25.9 Å². The fourth-order valence-electron chi connectivity index (χ4n) is 2.40. The van der Waals surface area contributed by atoms with E-state index in [0.29, 0.717) is 18.0 Å². The van der Waals surface area contributed by atoms with Crippen LogP contribution >= 0.6 is 0 Å². The van der Waals surface area contributed by atoms with Crippen molar-refractivity contribution in [3.05, 3.63) is 0 Å². The summed E-state index contributed by atoms with van der Waals surface area (Å²) in [5.74, 6) is 0.349. The Morgan fingerprint density at radius 3 is 3.00 bits per heavy atom. The number of carbonyl (C=O) groups is 1. The summed E-state index contributed by atoms with van der Waals surface area (Å²) >= 11 is 0. The molecule has 2 bridgehead atoms. The first-order valence-corrected chi connectivity index (χ1v) is 5.33. The molecule has 2 saturated heterocycles. The minimum absolute atomic E-state index is 0.349. The molecule has 0 aromatic rings. The third-order valence-electron chi connectivity index (χ3n) is 3.04. The van der Waals surface area contributed by atoms with Crippen LogP contribution in [-0.2, 0) is 4.79 Å². The fraction of sp³-hybridized carbons (Fsp3) is 0.900. The number of hydrogen-bond donors (Lipinski definition) is 1. The predicted molar refractivity (Wildman–Crippen MR) is 51.4 cm³/mol. The molecular weight excluding hydrogens is 164 g/mol. The monoisotopic (exact) mass is 182 g/mol. The van der Waals surface area contributed by atoms with Crippen LogP contribution < -0.4 is 5.32 Å². The average molecular weight is 182 g/mol. The number of nitrogens with one attached hydrogen (secondary N) is 1. The topological polar surface area (TPSA) is 32.3 Å². The number of likely N-dealkylation sites (tertiary alicyclic amines) is 1. The van der Waals surface area contributed by atoms with Gasteiger partial charge >= 0.3 is 0 Å². The summed E-state index contributed by atoms with van der Waals surface area (Å²) in [4.78, 5) is 13.7. The lowest BCUT2D eigenvalue weighted by Gasteiger charge is -2.23. The molecule has 0 aromatic carbocycles. The van der Waals surface area contributed by atoms with E-state index >= 15 is 0 Å². The van der Waals surface area contributed by atoms with Gasteiger partial charge in [0.05, 0.1) is 0 Å². The first kappa shape index (κ1) is 9.00. The van der Waals surface area contributed by atoms with Crippen molar-refractivity contribution in [3.8, 4) is 0 Å². The normalized spacial score (nSPS) is 33.6. The van der Waals surface area contributed by atoms with E-state index in [4.69, 9.17) is 0 Å². The molecule has 2 rings (SSSR count). The number of nitrogens with zero attached hydrogens (tertiary/aromatic N) is 1. The minimum Gasteiger partial charge on any atom is -0.341 e. The van der Waals surface area contributed by atoms with E-state index in [1.807, 2.05) is 4.90 Å². The second-order valence-electron chi connectivity index (χ2n) is 4.18. The largest absolute Gasteiger partial charge is 0.341 e. The maximum Gasteiger partial charge on any atom is 0.224 e. The van der Waals surface area contributed by atoms with Crippen molar-refractivity contribution in [1.29, 1.82) is 0 Å². The molecule has 3 nitrogen and oxygen atoms in total. The SMILES string of the molecule is CCCN1CC2CCC(CC1=O)N2. The van der Waals surface area contributed by atoms with Crippen LogP contribution in [0.2, 0.25) is 0 Å². The standard InChI is InChI=1S/C10H18N2O/c1-2-5-12-7-9-4-3-8(11-9)6-10(12)13/h8-9,11H,2-7H2,1H3. The molecule has 13 heavy (non-hydrogen) atoms. The van der Waals surface area contributed by atoms with Crippen molar-refractivity contribution in [2.75, 3.05) is 13.1 Å². The highest BCUT2D eigenvalue weighted by atomic mass is 16.2. The lowest BCUT2D eigenvalue weighted by Crippen LogP contribution is -2.38. The molecule has 3 heteroatoms. The number of carbonyl (C=O) groups excluding carboxylic acids is 1. The molecule has 0 aliphatic carbocycles. The zero-order chi connectivity index (χ0) is 9.26. The highest BCUT2D eigenvalue weighted by Gasteiger charge is 2.32. The van der Waals surface area contributed by atoms with Crippen LogP contribution in [0.3, 0.4) is 0 Å². The molecule has 1 N–H and O–H groups in total. The van der Waals surface area contributed by atoms with Gasteiger partial charge in [0.1, 0.15) is 0 Å². The molecule has 2 heterocycles. The van der Waals surface area contributed by atoms with E-state index in [2.05, 4.69) is 12.2 Å². The second-order valence-corrected chi connectivity index (χ2v) is 4.18. The van der Waals surface area contributed by atoms with Crippen molar-refractivity contribution in [3.63, 3.8) is 0 Å². The number of rotatable bonds is 2. The fourth-order valence-corrected chi connectivity index (χ4v) is 2.40. The van der Waals surface area contributed by atoms with Gasteiger partial charge in [-0.05, 0) is 19.3 Å². The first-order valence-electron chi connectivity index (χ1n) is 5.33. The van der Waals surface area contributed by atoms with Crippen molar-refractivity contribution in [1.82, 2.24) is 10.2 Å². The molecule has 0 aromatic heterocycles. The Hall–Kier alpha value is -0.570. The molecule has 0 saturated carbocycles. The van der Waals surface area contributed by atoms with Crippen LogP contribution in [0.5, 0.6) is 0 Å². The molecule has 2 atom stereocenters. The highest BCUT2D eigenvalue weighted by Crippen LogP contribution is 2.21. The first-order chi connectivity index (χ1) is 6.29. The molecule has 2 aliphatic heterocycles. The summed E-state index contributed by atoms with van der Waals surface area (Å²) in [6, 6.07) is 1.04. The zero-order valence-electron chi connectivity index (χ0n) is 8.25. The molecule has 2 unspecified atom stereocenters. The Morgan fingerprint density at radius 1 is 1.46 bits per heavy atom. The number of hydrogen-bond acceptors (Lipinski definition) is 2. The second kappa shape index (κ2) is 3.66. The van der Waals surface area contributed by atoms with Crippen LogP contribution in [0.25, 0.3) is 0 Å². The van der Waals surface area contributed by atoms with Crippen molar-refractivity contribution in [2.24, 2.45) is 0 Å². The summed E-state index contributed by atoms with van der Waals surface area (Å²) in [7, 11) is 0. The van der Waals surface area contributed by atoms with Gasteiger partial charge in [0.2, 0.25) is 5.91 Å². The van der Waals surface area contributed by atoms with E-state index in [1.165, 1.54) is 12.8 Å². The summed E-state index contributed by atoms with van der Waals surface area (Å²) in [5.41, 5.74) is 0. The van der Waals surface area contributed by atoms with Gasteiger partial charge < -0.3 is 10.2 Å². The Balaban J connectivity index is 2.01. The lowest BCUT2D eigenvalue weighted by atomic mass is 10.1. The van der Waals surface area contributed by atoms with E-state index in [1.54, 1.807) is 0 Å². The van der Waals surface area contributed by atoms with Gasteiger partial charge in [-0.3, -0.25) is 4.79 Å². The maximum absolute atomic E-state index is 11.7. The molecule has 2 fully saturated rings. The zero-order valence-corrected chi connectivity index (χ0v) is 8.25. The third-order valence-corrected chi connectivity index (χ3v) is 3.04. The van der Waals surface area contributed by atoms with Crippen LogP contribution in [0.1, 0.15) is 32.6 Å². The Labute approximate surface area is 79.5 Å². The van der Waals surface area contributed by atoms with Crippen molar-refractivity contribution in [2.45, 2.75) is 44.7 Å². The number of fused-ring (bicyclic) bond motifs is 2. The van der Waals surface area contributed by atoms with Crippen molar-refractivity contribution >= 4 is 5.91 Å². The van der Waals surface area contributed by atoms with Crippen molar-refractivity contribution < 1.29 is 4.79 Å². The average Bonchev–Trinajstić information content (AvgIpc) is 2.45. The Morgan fingerprint density at radius 2 is 2.23 bits per heavy atom. The van der Waals surface area contributed by atoms with Crippen LogP contribution in [0.15, 0.2) is 0 Å². The van der Waals surface area contributed by atoms with E-state index in [-0.39, 0.29) is 0 Å². The maximum atomic E-state index is 11.7. The van der Waals surface area contributed by atoms with E-state index < -0.39 is 0 Å². The van der Waals surface area contributed by atoms with Gasteiger partial charge in [-0.1, -0.05) is 6.92 Å². The highest BCUT2D eigenvalue weighted by molar-refractivity contribution is 5.77. The molecule has 74 valence electrons. The number of amides is 1. The molecule has 0 radical (unpaired) electrons. The predicted octanol–water partition coefficient (Wildman–Crippen LogP) is 0.749. The molecule has 1 amide bonds. The van der Waals surface area contributed by atoms with Gasteiger partial charge in [0.15, 0.2) is 0 Å².